The number of hydrogen-bond acceptors (Lipinski definition) is 5. The minimum absolute atomic E-state index is 0.202. The molecule has 2 rings (SSSR count). The van der Waals surface area contributed by atoms with Gasteiger partial charge in [-0.3, -0.25) is 9.59 Å². The van der Waals surface area contributed by atoms with Crippen LogP contribution in [0.4, 0.5) is 0 Å². The molecule has 0 fully saturated rings. The number of methoxy groups -OCH3 is 2. The van der Waals surface area contributed by atoms with Gasteiger partial charge in [-0.25, -0.2) is 0 Å². The lowest BCUT2D eigenvalue weighted by molar-refractivity contribution is -0.123. The van der Waals surface area contributed by atoms with E-state index < -0.39 is 6.04 Å². The third-order valence-corrected chi connectivity index (χ3v) is 4.85. The van der Waals surface area contributed by atoms with Gasteiger partial charge >= 0.3 is 0 Å². The molecule has 2 amide bonds. The fourth-order valence-electron chi connectivity index (χ4n) is 2.54. The molecule has 0 heterocycles. The molecule has 0 aromatic heterocycles. The molecule has 2 N–H and O–H groups in total. The highest BCUT2D eigenvalue weighted by molar-refractivity contribution is 7.98. The van der Waals surface area contributed by atoms with Crippen LogP contribution in [0, 0.1) is 0 Å². The summed E-state index contributed by atoms with van der Waals surface area (Å²) in [6.45, 7) is 0.386. The summed E-state index contributed by atoms with van der Waals surface area (Å²) >= 11 is 1.63. The van der Waals surface area contributed by atoms with Gasteiger partial charge in [0.2, 0.25) is 5.91 Å². The third kappa shape index (κ3) is 6.49. The number of amides is 2. The number of ether oxygens (including phenoxy) is 2. The fraction of sp³-hybridized carbons (Fsp3) is 0.333. The molecule has 28 heavy (non-hydrogen) atoms. The molecule has 2 aromatic rings. The molecule has 6 nitrogen and oxygen atoms in total. The number of benzene rings is 2. The summed E-state index contributed by atoms with van der Waals surface area (Å²) in [7, 11) is 3.18. The monoisotopic (exact) mass is 402 g/mol. The zero-order valence-corrected chi connectivity index (χ0v) is 17.2. The number of nitrogens with one attached hydrogen (secondary N) is 2. The van der Waals surface area contributed by atoms with Crippen LogP contribution >= 0.6 is 11.8 Å². The number of carbonyl (C=O) groups is 2. The molecule has 0 saturated carbocycles. The first-order valence-corrected chi connectivity index (χ1v) is 10.3. The lowest BCUT2D eigenvalue weighted by Crippen LogP contribution is -2.46. The molecule has 150 valence electrons. The predicted octanol–water partition coefficient (Wildman–Crippen LogP) is 2.87. The molecule has 0 aliphatic carbocycles. The Morgan fingerprint density at radius 2 is 1.54 bits per heavy atom. The molecule has 0 bridgehead atoms. The van der Waals surface area contributed by atoms with E-state index in [1.165, 1.54) is 0 Å². The van der Waals surface area contributed by atoms with Gasteiger partial charge in [-0.05, 0) is 60.4 Å². The molecule has 2 aromatic carbocycles. The quantitative estimate of drug-likeness (QED) is 0.639. The molecule has 0 aliphatic heterocycles. The van der Waals surface area contributed by atoms with Gasteiger partial charge < -0.3 is 20.1 Å². The summed E-state index contributed by atoms with van der Waals surface area (Å²) in [6.07, 6.45) is 2.52. The second-order valence-corrected chi connectivity index (χ2v) is 7.09. The highest BCUT2D eigenvalue weighted by atomic mass is 32.2. The lowest BCUT2D eigenvalue weighted by atomic mass is 10.1. The van der Waals surface area contributed by atoms with E-state index in [0.29, 0.717) is 24.3 Å². The van der Waals surface area contributed by atoms with Crippen molar-refractivity contribution in [2.45, 2.75) is 19.0 Å². The van der Waals surface area contributed by atoms with Gasteiger partial charge in [0.1, 0.15) is 17.5 Å². The molecular formula is C21H26N2O4S. The topological polar surface area (TPSA) is 76.7 Å². The first kappa shape index (κ1) is 21.6. The summed E-state index contributed by atoms with van der Waals surface area (Å²) in [5, 5.41) is 5.73. The maximum atomic E-state index is 12.6. The molecule has 1 atom stereocenters. The van der Waals surface area contributed by atoms with Crippen molar-refractivity contribution in [1.82, 2.24) is 10.6 Å². The Morgan fingerprint density at radius 1 is 0.964 bits per heavy atom. The normalized spacial score (nSPS) is 11.4. The van der Waals surface area contributed by atoms with Gasteiger partial charge in [0.25, 0.3) is 5.91 Å². The predicted molar refractivity (Wildman–Crippen MR) is 112 cm³/mol. The number of thioether (sulfide) groups is 1. The summed E-state index contributed by atoms with van der Waals surface area (Å²) in [5.74, 6) is 1.72. The van der Waals surface area contributed by atoms with E-state index in [1.807, 2.05) is 30.5 Å². The Bertz CT molecular complexity index is 763. The number of rotatable bonds is 10. The highest BCUT2D eigenvalue weighted by Crippen LogP contribution is 2.13. The fourth-order valence-corrected chi connectivity index (χ4v) is 3.02. The van der Waals surface area contributed by atoms with Crippen molar-refractivity contribution in [2.75, 3.05) is 26.2 Å². The Hall–Kier alpha value is -2.67. The first-order valence-electron chi connectivity index (χ1n) is 8.92. The van der Waals surface area contributed by atoms with Crippen LogP contribution in [0.15, 0.2) is 48.5 Å². The van der Waals surface area contributed by atoms with Crippen molar-refractivity contribution in [3.63, 3.8) is 0 Å². The minimum atomic E-state index is -0.597. The van der Waals surface area contributed by atoms with Crippen molar-refractivity contribution in [3.05, 3.63) is 59.7 Å². The smallest absolute Gasteiger partial charge is 0.251 e. The summed E-state index contributed by atoms with van der Waals surface area (Å²) < 4.78 is 10.2. The first-order chi connectivity index (χ1) is 13.6. The number of hydrogen-bond donors (Lipinski definition) is 2. The molecule has 0 aliphatic rings. The van der Waals surface area contributed by atoms with Crippen molar-refractivity contribution >= 4 is 23.6 Å². The SMILES string of the molecule is COc1ccc(CNC(=O)C(CCSC)NC(=O)c2ccc(OC)cc2)cc1. The van der Waals surface area contributed by atoms with Crippen LogP contribution in [0.5, 0.6) is 11.5 Å². The van der Waals surface area contributed by atoms with Crippen LogP contribution in [0.2, 0.25) is 0 Å². The van der Waals surface area contributed by atoms with E-state index >= 15 is 0 Å². The highest BCUT2D eigenvalue weighted by Gasteiger charge is 2.21. The van der Waals surface area contributed by atoms with Gasteiger partial charge in [0.15, 0.2) is 0 Å². The van der Waals surface area contributed by atoms with E-state index in [4.69, 9.17) is 9.47 Å². The zero-order valence-electron chi connectivity index (χ0n) is 16.4. The Balaban J connectivity index is 1.97. The van der Waals surface area contributed by atoms with Gasteiger partial charge in [-0.1, -0.05) is 12.1 Å². The van der Waals surface area contributed by atoms with Gasteiger partial charge in [0.05, 0.1) is 14.2 Å². The van der Waals surface area contributed by atoms with Crippen molar-refractivity contribution in [1.29, 1.82) is 0 Å². The van der Waals surface area contributed by atoms with Crippen molar-refractivity contribution < 1.29 is 19.1 Å². The van der Waals surface area contributed by atoms with E-state index in [9.17, 15) is 9.59 Å². The molecule has 0 spiro atoms. The van der Waals surface area contributed by atoms with Crippen molar-refractivity contribution in [2.24, 2.45) is 0 Å². The molecule has 0 radical (unpaired) electrons. The largest absolute Gasteiger partial charge is 0.497 e. The van der Waals surface area contributed by atoms with Crippen LogP contribution in [0.3, 0.4) is 0 Å². The lowest BCUT2D eigenvalue weighted by Gasteiger charge is -2.18. The maximum absolute atomic E-state index is 12.6. The third-order valence-electron chi connectivity index (χ3n) is 4.21. The van der Waals surface area contributed by atoms with Crippen molar-refractivity contribution in [3.8, 4) is 11.5 Å². The second-order valence-electron chi connectivity index (χ2n) is 6.10. The minimum Gasteiger partial charge on any atom is -0.497 e. The van der Waals surface area contributed by atoms with E-state index in [2.05, 4.69) is 10.6 Å². The van der Waals surface area contributed by atoms with Gasteiger partial charge in [-0.15, -0.1) is 0 Å². The Morgan fingerprint density at radius 3 is 2.07 bits per heavy atom. The molecule has 0 saturated heterocycles. The van der Waals surface area contributed by atoms with Gasteiger partial charge in [-0.2, -0.15) is 11.8 Å². The van der Waals surface area contributed by atoms with Crippen LogP contribution in [0.1, 0.15) is 22.3 Å². The summed E-state index contributed by atoms with van der Waals surface area (Å²) in [4.78, 5) is 25.1. The van der Waals surface area contributed by atoms with E-state index in [1.54, 1.807) is 50.2 Å². The average molecular weight is 403 g/mol. The second kappa shape index (κ2) is 11.2. The average Bonchev–Trinajstić information content (AvgIpc) is 2.75. The summed E-state index contributed by atoms with van der Waals surface area (Å²) in [5.41, 5.74) is 1.44. The molecule has 1 unspecified atom stereocenters. The summed E-state index contributed by atoms with van der Waals surface area (Å²) in [6, 6.07) is 13.7. The van der Waals surface area contributed by atoms with Crippen LogP contribution in [-0.2, 0) is 11.3 Å². The van der Waals surface area contributed by atoms with Crippen LogP contribution < -0.4 is 20.1 Å². The standard InChI is InChI=1S/C21H26N2O4S/c1-26-17-8-4-15(5-9-17)14-22-21(25)19(12-13-28-3)23-20(24)16-6-10-18(27-2)11-7-16/h4-11,19H,12-14H2,1-3H3,(H,22,25)(H,23,24). The Labute approximate surface area is 170 Å². The van der Waals surface area contributed by atoms with Crippen LogP contribution in [-0.4, -0.2) is 44.1 Å². The van der Waals surface area contributed by atoms with E-state index in [-0.39, 0.29) is 11.8 Å². The van der Waals surface area contributed by atoms with Crippen LogP contribution in [0.25, 0.3) is 0 Å². The Kier molecular flexibility index (Phi) is 8.68. The zero-order chi connectivity index (χ0) is 20.4. The molecule has 7 heteroatoms. The molecular weight excluding hydrogens is 376 g/mol. The van der Waals surface area contributed by atoms with Gasteiger partial charge in [0, 0.05) is 12.1 Å². The maximum Gasteiger partial charge on any atom is 0.251 e. The number of carbonyl (C=O) groups excluding carboxylic acids is 2. The van der Waals surface area contributed by atoms with E-state index in [0.717, 1.165) is 17.1 Å².